The van der Waals surface area contributed by atoms with Crippen molar-refractivity contribution in [1.29, 1.82) is 0 Å². The van der Waals surface area contributed by atoms with E-state index in [2.05, 4.69) is 15.5 Å². The quantitative estimate of drug-likeness (QED) is 0.711. The lowest BCUT2D eigenvalue weighted by Crippen LogP contribution is -2.12. The van der Waals surface area contributed by atoms with Gasteiger partial charge in [0.05, 0.1) is 16.7 Å². The Balaban J connectivity index is 1.87. The van der Waals surface area contributed by atoms with Gasteiger partial charge in [0.1, 0.15) is 0 Å². The Labute approximate surface area is 148 Å². The molecule has 24 heavy (non-hydrogen) atoms. The van der Waals surface area contributed by atoms with Gasteiger partial charge in [-0.25, -0.2) is 0 Å². The van der Waals surface area contributed by atoms with Crippen LogP contribution in [-0.4, -0.2) is 21.9 Å². The number of amides is 1. The maximum Gasteiger partial charge on any atom is 0.235 e. The molecule has 1 amide bonds. The Morgan fingerprint density at radius 3 is 2.58 bits per heavy atom. The third-order valence-electron chi connectivity index (χ3n) is 3.94. The van der Waals surface area contributed by atoms with Gasteiger partial charge in [-0.05, 0) is 23.3 Å². The predicted molar refractivity (Wildman–Crippen MR) is 98.4 cm³/mol. The number of rotatable bonds is 2. The average molecular weight is 356 g/mol. The summed E-state index contributed by atoms with van der Waals surface area (Å²) < 4.78 is 0. The van der Waals surface area contributed by atoms with Crippen molar-refractivity contribution in [2.75, 3.05) is 11.1 Å². The van der Waals surface area contributed by atoms with Gasteiger partial charge < -0.3 is 5.32 Å². The molecular weight excluding hydrogens is 342 g/mol. The first kappa shape index (κ1) is 15.3. The Morgan fingerprint density at radius 1 is 1.08 bits per heavy atom. The number of aromatic nitrogens is 2. The van der Waals surface area contributed by atoms with Crippen molar-refractivity contribution in [1.82, 2.24) is 10.2 Å². The number of fused-ring (bicyclic) bond motifs is 1. The largest absolute Gasteiger partial charge is 0.308 e. The summed E-state index contributed by atoms with van der Waals surface area (Å²) in [5.74, 6) is 0.949. The van der Waals surface area contributed by atoms with Crippen LogP contribution in [0.3, 0.4) is 0 Å². The highest BCUT2D eigenvalue weighted by Crippen LogP contribution is 2.45. The number of carbonyl (C=O) groups is 1. The highest BCUT2D eigenvalue weighted by atomic mass is 35.5. The molecule has 0 bridgehead atoms. The number of carbonyl (C=O) groups excluding carboxylic acids is 1. The standard InChI is InChI=1S/C18H14ClN3OS/c19-13-8-6-12(7-9-13)17-15-16(11-4-2-1-3-5-11)21-22-18(15)20-14(23)10-24-17/h1-9,17H,10H2,(H2,20,21,22,23). The summed E-state index contributed by atoms with van der Waals surface area (Å²) in [6, 6.07) is 17.8. The Morgan fingerprint density at radius 2 is 1.83 bits per heavy atom. The minimum Gasteiger partial charge on any atom is -0.308 e. The van der Waals surface area contributed by atoms with Crippen LogP contribution < -0.4 is 5.32 Å². The molecule has 120 valence electrons. The van der Waals surface area contributed by atoms with Crippen LogP contribution in [0, 0.1) is 0 Å². The van der Waals surface area contributed by atoms with Crippen molar-refractivity contribution in [3.8, 4) is 11.3 Å². The van der Waals surface area contributed by atoms with Gasteiger partial charge in [0.25, 0.3) is 0 Å². The smallest absolute Gasteiger partial charge is 0.235 e. The van der Waals surface area contributed by atoms with Gasteiger partial charge in [0, 0.05) is 10.6 Å². The normalized spacial score (nSPS) is 17.0. The molecule has 2 aromatic carbocycles. The molecule has 3 aromatic rings. The lowest BCUT2D eigenvalue weighted by Gasteiger charge is -2.16. The van der Waals surface area contributed by atoms with Crippen LogP contribution in [0.25, 0.3) is 11.3 Å². The number of thioether (sulfide) groups is 1. The van der Waals surface area contributed by atoms with E-state index in [9.17, 15) is 4.79 Å². The number of aromatic amines is 1. The van der Waals surface area contributed by atoms with Crippen LogP contribution in [-0.2, 0) is 4.79 Å². The summed E-state index contributed by atoms with van der Waals surface area (Å²) in [7, 11) is 0. The Kier molecular flexibility index (Phi) is 4.04. The Bertz CT molecular complexity index is 877. The highest BCUT2D eigenvalue weighted by molar-refractivity contribution is 8.00. The molecule has 4 rings (SSSR count). The zero-order chi connectivity index (χ0) is 16.5. The number of hydrogen-bond acceptors (Lipinski definition) is 3. The molecule has 2 N–H and O–H groups in total. The molecule has 1 aromatic heterocycles. The van der Waals surface area contributed by atoms with Gasteiger partial charge in [0.15, 0.2) is 5.82 Å². The van der Waals surface area contributed by atoms with Gasteiger partial charge in [-0.2, -0.15) is 5.10 Å². The summed E-state index contributed by atoms with van der Waals surface area (Å²) in [5, 5.41) is 11.0. The van der Waals surface area contributed by atoms with E-state index in [-0.39, 0.29) is 11.2 Å². The van der Waals surface area contributed by atoms with Crippen LogP contribution >= 0.6 is 23.4 Å². The second-order valence-electron chi connectivity index (χ2n) is 5.52. The van der Waals surface area contributed by atoms with Gasteiger partial charge in [-0.3, -0.25) is 9.89 Å². The second kappa shape index (κ2) is 6.34. The molecule has 1 unspecified atom stereocenters. The number of nitrogens with zero attached hydrogens (tertiary/aromatic N) is 1. The fraction of sp³-hybridized carbons (Fsp3) is 0.111. The topological polar surface area (TPSA) is 57.8 Å². The van der Waals surface area contributed by atoms with Crippen LogP contribution in [0.5, 0.6) is 0 Å². The summed E-state index contributed by atoms with van der Waals surface area (Å²) >= 11 is 7.61. The Hall–Kier alpha value is -2.24. The lowest BCUT2D eigenvalue weighted by molar-refractivity contribution is -0.113. The third-order valence-corrected chi connectivity index (χ3v) is 5.46. The van der Waals surface area contributed by atoms with E-state index >= 15 is 0 Å². The molecule has 0 fully saturated rings. The van der Waals surface area contributed by atoms with Gasteiger partial charge >= 0.3 is 0 Å². The SMILES string of the molecule is O=C1CSC(c2ccc(Cl)cc2)c2c(n[nH]c2-c2ccccc2)N1. The molecule has 0 aliphatic carbocycles. The van der Waals surface area contributed by atoms with Crippen molar-refractivity contribution >= 4 is 35.1 Å². The summed E-state index contributed by atoms with van der Waals surface area (Å²) in [5.41, 5.74) is 4.07. The van der Waals surface area contributed by atoms with Crippen molar-refractivity contribution in [3.05, 3.63) is 70.7 Å². The maximum atomic E-state index is 12.0. The van der Waals surface area contributed by atoms with Gasteiger partial charge in [-0.1, -0.05) is 54.1 Å². The number of anilines is 1. The predicted octanol–water partition coefficient (Wildman–Crippen LogP) is 4.50. The summed E-state index contributed by atoms with van der Waals surface area (Å²) in [6.45, 7) is 0. The van der Waals surface area contributed by atoms with E-state index < -0.39 is 0 Å². The van der Waals surface area contributed by atoms with Gasteiger partial charge in [-0.15, -0.1) is 11.8 Å². The molecule has 6 heteroatoms. The third kappa shape index (κ3) is 2.81. The first-order chi connectivity index (χ1) is 11.7. The number of hydrogen-bond donors (Lipinski definition) is 2. The highest BCUT2D eigenvalue weighted by Gasteiger charge is 2.29. The molecule has 0 spiro atoms. The molecule has 0 saturated carbocycles. The molecule has 0 saturated heterocycles. The van der Waals surface area contributed by atoms with E-state index in [0.717, 1.165) is 22.4 Å². The van der Waals surface area contributed by atoms with Crippen molar-refractivity contribution in [3.63, 3.8) is 0 Å². The zero-order valence-corrected chi connectivity index (χ0v) is 14.2. The molecule has 1 aliphatic rings. The monoisotopic (exact) mass is 355 g/mol. The molecule has 4 nitrogen and oxygen atoms in total. The van der Waals surface area contributed by atoms with E-state index in [1.165, 1.54) is 0 Å². The van der Waals surface area contributed by atoms with E-state index in [1.54, 1.807) is 11.8 Å². The fourth-order valence-corrected chi connectivity index (χ4v) is 4.10. The first-order valence-electron chi connectivity index (χ1n) is 7.53. The average Bonchev–Trinajstić information content (AvgIpc) is 2.93. The number of H-pyrrole nitrogens is 1. The van der Waals surface area contributed by atoms with Crippen LogP contribution in [0.2, 0.25) is 5.02 Å². The summed E-state index contributed by atoms with van der Waals surface area (Å²) in [4.78, 5) is 12.0. The fourth-order valence-electron chi connectivity index (χ4n) is 2.84. The van der Waals surface area contributed by atoms with Crippen molar-refractivity contribution in [2.45, 2.75) is 5.25 Å². The molecule has 1 atom stereocenters. The van der Waals surface area contributed by atoms with E-state index in [0.29, 0.717) is 16.6 Å². The van der Waals surface area contributed by atoms with Gasteiger partial charge in [0.2, 0.25) is 5.91 Å². The minimum absolute atomic E-state index is 0.00479. The maximum absolute atomic E-state index is 12.0. The second-order valence-corrected chi connectivity index (χ2v) is 7.05. The van der Waals surface area contributed by atoms with Crippen molar-refractivity contribution < 1.29 is 4.79 Å². The minimum atomic E-state index is -0.0381. The number of benzene rings is 2. The molecule has 0 radical (unpaired) electrons. The van der Waals surface area contributed by atoms with E-state index in [4.69, 9.17) is 11.6 Å². The van der Waals surface area contributed by atoms with Crippen LogP contribution in [0.4, 0.5) is 5.82 Å². The molecule has 2 heterocycles. The molecule has 1 aliphatic heterocycles. The number of halogens is 1. The van der Waals surface area contributed by atoms with Crippen LogP contribution in [0.15, 0.2) is 54.6 Å². The molecular formula is C18H14ClN3OS. The summed E-state index contributed by atoms with van der Waals surface area (Å²) in [6.07, 6.45) is 0. The lowest BCUT2D eigenvalue weighted by atomic mass is 10.00. The van der Waals surface area contributed by atoms with E-state index in [1.807, 2.05) is 54.6 Å². The van der Waals surface area contributed by atoms with Crippen LogP contribution in [0.1, 0.15) is 16.4 Å². The van der Waals surface area contributed by atoms with Crippen molar-refractivity contribution in [2.24, 2.45) is 0 Å². The zero-order valence-electron chi connectivity index (χ0n) is 12.6. The number of nitrogens with one attached hydrogen (secondary N) is 2. The first-order valence-corrected chi connectivity index (χ1v) is 8.95.